The Morgan fingerprint density at radius 3 is 2.31 bits per heavy atom. The minimum atomic E-state index is -3.57. The van der Waals surface area contributed by atoms with Gasteiger partial charge in [-0.1, -0.05) is 18.2 Å². The standard InChI is InChI=1S/C30H32F3N2O4/c1-21(27-15-10-24(34)19-28(27)35)20-38-29(36)16-7-22-5-11-26(12-6-22)39-30(32,33)23-8-13-25(14-9-23)37-18-4-2-3-17-31/h5-16,19,21H,1-4,17-18,20,34-35H2/b16-7+. The molecular formula is C30H32F3N2O4. The molecule has 0 heterocycles. The van der Waals surface area contributed by atoms with E-state index >= 15 is 0 Å². The van der Waals surface area contributed by atoms with Gasteiger partial charge in [-0.05, 0) is 91.9 Å². The van der Waals surface area contributed by atoms with E-state index in [9.17, 15) is 18.0 Å². The molecule has 3 rings (SSSR count). The minimum absolute atomic E-state index is 0.0206. The molecule has 9 heteroatoms. The number of halogens is 3. The monoisotopic (exact) mass is 541 g/mol. The van der Waals surface area contributed by atoms with E-state index < -0.39 is 12.1 Å². The fourth-order valence-corrected chi connectivity index (χ4v) is 3.61. The molecule has 207 valence electrons. The molecule has 0 aliphatic carbocycles. The number of alkyl halides is 3. The molecule has 3 aromatic rings. The molecule has 39 heavy (non-hydrogen) atoms. The summed E-state index contributed by atoms with van der Waals surface area (Å²) in [6.45, 7) is 4.01. The SMILES string of the molecule is [CH2]C(COC(=O)/C=C/c1ccc(OC(F)(F)c2ccc(OCCCCCF)cc2)cc1)c1ccc(N)cc1N. The first kappa shape index (κ1) is 29.4. The molecule has 0 bridgehead atoms. The van der Waals surface area contributed by atoms with Gasteiger partial charge >= 0.3 is 12.1 Å². The zero-order valence-corrected chi connectivity index (χ0v) is 21.5. The van der Waals surface area contributed by atoms with Crippen molar-refractivity contribution in [3.63, 3.8) is 0 Å². The zero-order chi connectivity index (χ0) is 28.3. The highest BCUT2D eigenvalue weighted by Gasteiger charge is 2.34. The van der Waals surface area contributed by atoms with E-state index in [1.54, 1.807) is 18.2 Å². The Morgan fingerprint density at radius 2 is 1.64 bits per heavy atom. The van der Waals surface area contributed by atoms with Crippen LogP contribution < -0.4 is 20.9 Å². The van der Waals surface area contributed by atoms with Crippen LogP contribution in [-0.2, 0) is 15.6 Å². The molecule has 0 spiro atoms. The normalized spacial score (nSPS) is 12.3. The van der Waals surface area contributed by atoms with Crippen LogP contribution in [0.25, 0.3) is 6.08 Å². The quantitative estimate of drug-likeness (QED) is 0.102. The van der Waals surface area contributed by atoms with Gasteiger partial charge in [0.15, 0.2) is 0 Å². The third-order valence-electron chi connectivity index (χ3n) is 5.75. The van der Waals surface area contributed by atoms with Gasteiger partial charge in [0.2, 0.25) is 0 Å². The van der Waals surface area contributed by atoms with Crippen molar-refractivity contribution in [1.29, 1.82) is 0 Å². The Hall–Kier alpha value is -4.14. The third-order valence-corrected chi connectivity index (χ3v) is 5.75. The van der Waals surface area contributed by atoms with E-state index in [0.29, 0.717) is 48.6 Å². The van der Waals surface area contributed by atoms with E-state index in [-0.39, 0.29) is 30.5 Å². The van der Waals surface area contributed by atoms with Gasteiger partial charge in [0, 0.05) is 23.4 Å². The average Bonchev–Trinajstić information content (AvgIpc) is 2.91. The first-order valence-electron chi connectivity index (χ1n) is 12.5. The molecule has 4 N–H and O–H groups in total. The van der Waals surface area contributed by atoms with Crippen molar-refractivity contribution in [3.05, 3.63) is 96.4 Å². The number of nitrogen functional groups attached to an aromatic ring is 2. The summed E-state index contributed by atoms with van der Waals surface area (Å²) in [5, 5.41) is 0. The van der Waals surface area contributed by atoms with Crippen LogP contribution in [0.2, 0.25) is 0 Å². The number of hydrogen-bond donors (Lipinski definition) is 2. The van der Waals surface area contributed by atoms with Crippen LogP contribution >= 0.6 is 0 Å². The molecule has 6 nitrogen and oxygen atoms in total. The molecule has 0 amide bonds. The summed E-state index contributed by atoms with van der Waals surface area (Å²) < 4.78 is 57.0. The van der Waals surface area contributed by atoms with Gasteiger partial charge in [0.05, 0.1) is 25.5 Å². The van der Waals surface area contributed by atoms with Crippen LogP contribution in [0.15, 0.2) is 72.8 Å². The molecule has 0 saturated heterocycles. The zero-order valence-electron chi connectivity index (χ0n) is 21.5. The molecule has 1 atom stereocenters. The smallest absolute Gasteiger partial charge is 0.426 e. The number of hydrogen-bond acceptors (Lipinski definition) is 6. The predicted octanol–water partition coefficient (Wildman–Crippen LogP) is 6.67. The Balaban J connectivity index is 1.48. The first-order valence-corrected chi connectivity index (χ1v) is 12.5. The van der Waals surface area contributed by atoms with Crippen LogP contribution in [0.5, 0.6) is 11.5 Å². The summed E-state index contributed by atoms with van der Waals surface area (Å²) >= 11 is 0. The van der Waals surface area contributed by atoms with Crippen LogP contribution in [0.4, 0.5) is 24.5 Å². The first-order chi connectivity index (χ1) is 18.7. The number of anilines is 2. The lowest BCUT2D eigenvalue weighted by Gasteiger charge is -2.18. The van der Waals surface area contributed by atoms with E-state index in [1.165, 1.54) is 60.7 Å². The Labute approximate surface area is 226 Å². The van der Waals surface area contributed by atoms with Crippen molar-refractivity contribution in [2.45, 2.75) is 31.3 Å². The number of benzene rings is 3. The highest BCUT2D eigenvalue weighted by atomic mass is 19.3. The number of rotatable bonds is 14. The topological polar surface area (TPSA) is 96.8 Å². The van der Waals surface area contributed by atoms with Crippen LogP contribution in [-0.4, -0.2) is 25.9 Å². The van der Waals surface area contributed by atoms with E-state index in [0.717, 1.165) is 5.56 Å². The van der Waals surface area contributed by atoms with Crippen LogP contribution in [0.1, 0.15) is 41.9 Å². The van der Waals surface area contributed by atoms with Gasteiger partial charge in [-0.2, -0.15) is 8.78 Å². The maximum atomic E-state index is 14.6. The van der Waals surface area contributed by atoms with Crippen molar-refractivity contribution in [2.75, 3.05) is 31.4 Å². The molecule has 0 aromatic heterocycles. The van der Waals surface area contributed by atoms with Crippen molar-refractivity contribution >= 4 is 23.4 Å². The minimum Gasteiger partial charge on any atom is -0.494 e. The fourth-order valence-electron chi connectivity index (χ4n) is 3.61. The van der Waals surface area contributed by atoms with Crippen LogP contribution in [0, 0.1) is 6.92 Å². The summed E-state index contributed by atoms with van der Waals surface area (Å²) in [7, 11) is 0. The van der Waals surface area contributed by atoms with Crippen LogP contribution in [0.3, 0.4) is 0 Å². The number of unbranched alkanes of at least 4 members (excludes halogenated alkanes) is 2. The van der Waals surface area contributed by atoms with Crippen molar-refractivity contribution in [1.82, 2.24) is 0 Å². The maximum absolute atomic E-state index is 14.6. The predicted molar refractivity (Wildman–Crippen MR) is 146 cm³/mol. The fraction of sp³-hybridized carbons (Fsp3) is 0.267. The molecular weight excluding hydrogens is 509 g/mol. The lowest BCUT2D eigenvalue weighted by molar-refractivity contribution is -0.185. The van der Waals surface area contributed by atoms with E-state index in [1.807, 2.05) is 0 Å². The Kier molecular flexibility index (Phi) is 10.7. The molecule has 0 aliphatic heterocycles. The average molecular weight is 542 g/mol. The number of ether oxygens (including phenoxy) is 3. The van der Waals surface area contributed by atoms with Crippen molar-refractivity contribution in [2.24, 2.45) is 0 Å². The summed E-state index contributed by atoms with van der Waals surface area (Å²) in [6.07, 6.45) is 1.03. The van der Waals surface area contributed by atoms with Gasteiger partial charge in [-0.3, -0.25) is 4.39 Å². The summed E-state index contributed by atoms with van der Waals surface area (Å²) in [5.41, 5.74) is 13.6. The number of carbonyl (C=O) groups is 1. The number of carbonyl (C=O) groups excluding carboxylic acids is 1. The summed E-state index contributed by atoms with van der Waals surface area (Å²) in [5.74, 6) is -0.557. The highest BCUT2D eigenvalue weighted by Crippen LogP contribution is 2.32. The van der Waals surface area contributed by atoms with Gasteiger partial charge in [0.1, 0.15) is 11.5 Å². The third kappa shape index (κ3) is 9.28. The number of esters is 1. The Bertz CT molecular complexity index is 1230. The largest absolute Gasteiger partial charge is 0.494 e. The van der Waals surface area contributed by atoms with Gasteiger partial charge in [0.25, 0.3) is 0 Å². The molecule has 1 unspecified atom stereocenters. The molecule has 0 aliphatic rings. The maximum Gasteiger partial charge on any atom is 0.426 e. The van der Waals surface area contributed by atoms with Gasteiger partial charge < -0.3 is 25.7 Å². The van der Waals surface area contributed by atoms with Gasteiger partial charge in [-0.25, -0.2) is 4.79 Å². The molecule has 1 radical (unpaired) electrons. The Morgan fingerprint density at radius 1 is 0.949 bits per heavy atom. The second-order valence-electron chi connectivity index (χ2n) is 8.86. The second kappa shape index (κ2) is 14.1. The summed E-state index contributed by atoms with van der Waals surface area (Å²) in [4.78, 5) is 12.1. The molecule has 0 fully saturated rings. The summed E-state index contributed by atoms with van der Waals surface area (Å²) in [6, 6.07) is 16.2. The second-order valence-corrected chi connectivity index (χ2v) is 8.86. The lowest BCUT2D eigenvalue weighted by atomic mass is 10.00. The van der Waals surface area contributed by atoms with Crippen molar-refractivity contribution in [3.8, 4) is 11.5 Å². The molecule has 0 saturated carbocycles. The van der Waals surface area contributed by atoms with Crippen molar-refractivity contribution < 1.29 is 32.2 Å². The lowest BCUT2D eigenvalue weighted by Crippen LogP contribution is -2.21. The number of nitrogens with two attached hydrogens (primary N) is 2. The van der Waals surface area contributed by atoms with E-state index in [4.69, 9.17) is 25.7 Å². The highest BCUT2D eigenvalue weighted by molar-refractivity contribution is 5.87. The van der Waals surface area contributed by atoms with E-state index in [2.05, 4.69) is 6.92 Å². The van der Waals surface area contributed by atoms with Gasteiger partial charge in [-0.15, -0.1) is 0 Å². The molecule has 3 aromatic carbocycles.